The number of aromatic nitrogens is 4. The molecule has 27 heavy (non-hydrogen) atoms. The summed E-state index contributed by atoms with van der Waals surface area (Å²) in [5.41, 5.74) is 6.13. The summed E-state index contributed by atoms with van der Waals surface area (Å²) in [4.78, 5) is 11.4. The van der Waals surface area contributed by atoms with Crippen LogP contribution in [0.2, 0.25) is 0 Å². The summed E-state index contributed by atoms with van der Waals surface area (Å²) in [7, 11) is 4.01. The number of fused-ring (bicyclic) bond motifs is 1. The first-order valence-corrected chi connectivity index (χ1v) is 9.63. The minimum atomic E-state index is 0.422. The average molecular weight is 367 g/mol. The van der Waals surface area contributed by atoms with Crippen molar-refractivity contribution in [2.75, 3.05) is 24.3 Å². The zero-order valence-corrected chi connectivity index (χ0v) is 17.5. The van der Waals surface area contributed by atoms with Gasteiger partial charge in [-0.1, -0.05) is 13.8 Å². The van der Waals surface area contributed by atoms with Gasteiger partial charge in [-0.3, -0.25) is 0 Å². The van der Waals surface area contributed by atoms with Crippen LogP contribution in [0.3, 0.4) is 0 Å². The van der Waals surface area contributed by atoms with Crippen molar-refractivity contribution in [3.8, 4) is 11.1 Å². The maximum absolute atomic E-state index is 4.81. The van der Waals surface area contributed by atoms with Crippen molar-refractivity contribution < 1.29 is 0 Å². The van der Waals surface area contributed by atoms with E-state index in [1.807, 2.05) is 43.6 Å². The number of rotatable bonds is 6. The Bertz CT molecular complexity index is 953. The fourth-order valence-corrected chi connectivity index (χ4v) is 3.41. The van der Waals surface area contributed by atoms with Crippen molar-refractivity contribution >= 4 is 17.3 Å². The Morgan fingerprint density at radius 2 is 1.81 bits per heavy atom. The first kappa shape index (κ1) is 19.1. The average Bonchev–Trinajstić information content (AvgIpc) is 2.95. The molecule has 0 saturated heterocycles. The van der Waals surface area contributed by atoms with Crippen molar-refractivity contribution in [2.45, 2.75) is 53.5 Å². The first-order chi connectivity index (χ1) is 12.8. The molecule has 3 aromatic rings. The number of pyridine rings is 1. The molecule has 0 aliphatic heterocycles. The van der Waals surface area contributed by atoms with Crippen LogP contribution in [-0.4, -0.2) is 39.7 Å². The largest absolute Gasteiger partial charge is 0.367 e. The Labute approximate surface area is 161 Å². The van der Waals surface area contributed by atoms with E-state index in [0.717, 1.165) is 52.6 Å². The molecule has 0 bridgehead atoms. The smallest absolute Gasteiger partial charge is 0.165 e. The lowest BCUT2D eigenvalue weighted by Gasteiger charge is -2.17. The van der Waals surface area contributed by atoms with E-state index in [4.69, 9.17) is 10.1 Å². The van der Waals surface area contributed by atoms with E-state index in [-0.39, 0.29) is 0 Å². The van der Waals surface area contributed by atoms with Gasteiger partial charge in [-0.25, -0.2) is 9.97 Å². The predicted molar refractivity (Wildman–Crippen MR) is 113 cm³/mol. The van der Waals surface area contributed by atoms with Crippen LogP contribution in [0.1, 0.15) is 43.6 Å². The second-order valence-electron chi connectivity index (χ2n) is 7.39. The fourth-order valence-electron chi connectivity index (χ4n) is 3.41. The monoisotopic (exact) mass is 366 g/mol. The number of anilines is 2. The Hall–Kier alpha value is -2.63. The van der Waals surface area contributed by atoms with E-state index in [2.05, 4.69) is 43.2 Å². The van der Waals surface area contributed by atoms with Crippen molar-refractivity contribution in [1.82, 2.24) is 19.6 Å². The zero-order valence-electron chi connectivity index (χ0n) is 17.5. The SMILES string of the molecule is CCC(CC)Nc1cc(C)nc2c(-c3cnc(N(C)C)cc3C)c(C)nn12. The van der Waals surface area contributed by atoms with Gasteiger partial charge in [0.2, 0.25) is 0 Å². The van der Waals surface area contributed by atoms with Crippen LogP contribution in [0.4, 0.5) is 11.6 Å². The lowest BCUT2D eigenvalue weighted by molar-refractivity contribution is 0.663. The maximum Gasteiger partial charge on any atom is 0.165 e. The van der Waals surface area contributed by atoms with Crippen molar-refractivity contribution in [1.29, 1.82) is 0 Å². The summed E-state index contributed by atoms with van der Waals surface area (Å²) >= 11 is 0. The van der Waals surface area contributed by atoms with Gasteiger partial charge >= 0.3 is 0 Å². The van der Waals surface area contributed by atoms with Gasteiger partial charge in [0.1, 0.15) is 11.6 Å². The molecule has 6 heteroatoms. The summed E-state index contributed by atoms with van der Waals surface area (Å²) in [6.07, 6.45) is 4.08. The summed E-state index contributed by atoms with van der Waals surface area (Å²) < 4.78 is 1.94. The van der Waals surface area contributed by atoms with Gasteiger partial charge in [-0.05, 0) is 45.2 Å². The minimum absolute atomic E-state index is 0.422. The number of hydrogen-bond acceptors (Lipinski definition) is 5. The predicted octanol–water partition coefficient (Wildman–Crippen LogP) is 4.38. The summed E-state index contributed by atoms with van der Waals surface area (Å²) in [6.45, 7) is 10.6. The molecule has 144 valence electrons. The number of aryl methyl sites for hydroxylation is 3. The first-order valence-electron chi connectivity index (χ1n) is 9.63. The molecular weight excluding hydrogens is 336 g/mol. The van der Waals surface area contributed by atoms with E-state index in [1.165, 1.54) is 5.56 Å². The van der Waals surface area contributed by atoms with Crippen LogP contribution in [0.15, 0.2) is 18.3 Å². The number of nitrogens with zero attached hydrogens (tertiary/aromatic N) is 5. The standard InChI is InChI=1S/C21H30N6/c1-8-16(9-2)24-19-11-14(4)23-21-20(15(5)25-27(19)21)17-12-22-18(26(6)7)10-13(17)3/h10-12,16,24H,8-9H2,1-7H3. The van der Waals surface area contributed by atoms with Crippen LogP contribution < -0.4 is 10.2 Å². The third-order valence-electron chi connectivity index (χ3n) is 5.05. The summed E-state index contributed by atoms with van der Waals surface area (Å²) in [5, 5.41) is 8.44. The highest BCUT2D eigenvalue weighted by Crippen LogP contribution is 2.32. The molecule has 0 atom stereocenters. The molecule has 3 rings (SSSR count). The van der Waals surface area contributed by atoms with Crippen molar-refractivity contribution in [3.05, 3.63) is 35.3 Å². The lowest BCUT2D eigenvalue weighted by Crippen LogP contribution is -2.19. The molecule has 0 fully saturated rings. The van der Waals surface area contributed by atoms with Crippen LogP contribution in [0.5, 0.6) is 0 Å². The van der Waals surface area contributed by atoms with Gasteiger partial charge in [0.05, 0.1) is 11.3 Å². The number of nitrogens with one attached hydrogen (secondary N) is 1. The molecule has 3 heterocycles. The zero-order chi connectivity index (χ0) is 19.7. The molecule has 3 aromatic heterocycles. The molecule has 0 saturated carbocycles. The highest BCUT2D eigenvalue weighted by molar-refractivity contribution is 5.82. The van der Waals surface area contributed by atoms with Crippen LogP contribution in [0.25, 0.3) is 16.8 Å². The molecule has 0 radical (unpaired) electrons. The van der Waals surface area contributed by atoms with Crippen molar-refractivity contribution in [3.63, 3.8) is 0 Å². The van der Waals surface area contributed by atoms with E-state index in [9.17, 15) is 0 Å². The van der Waals surface area contributed by atoms with E-state index < -0.39 is 0 Å². The Morgan fingerprint density at radius 3 is 2.41 bits per heavy atom. The molecule has 1 N–H and O–H groups in total. The fraction of sp³-hybridized carbons (Fsp3) is 0.476. The number of hydrogen-bond donors (Lipinski definition) is 1. The summed E-state index contributed by atoms with van der Waals surface area (Å²) in [6, 6.07) is 4.60. The van der Waals surface area contributed by atoms with E-state index >= 15 is 0 Å². The van der Waals surface area contributed by atoms with Crippen molar-refractivity contribution in [2.24, 2.45) is 0 Å². The molecule has 0 amide bonds. The molecule has 0 aliphatic rings. The summed E-state index contributed by atoms with van der Waals surface area (Å²) in [5.74, 6) is 1.95. The lowest BCUT2D eigenvalue weighted by atomic mass is 10.0. The highest BCUT2D eigenvalue weighted by atomic mass is 15.3. The molecule has 6 nitrogen and oxygen atoms in total. The van der Waals surface area contributed by atoms with E-state index in [0.29, 0.717) is 6.04 Å². The minimum Gasteiger partial charge on any atom is -0.367 e. The van der Waals surface area contributed by atoms with Gasteiger partial charge in [0.25, 0.3) is 0 Å². The van der Waals surface area contributed by atoms with Gasteiger partial charge in [0, 0.05) is 43.7 Å². The normalized spacial score (nSPS) is 11.4. The molecule has 0 aromatic carbocycles. The Kier molecular flexibility index (Phi) is 5.35. The molecular formula is C21H30N6. The third kappa shape index (κ3) is 3.61. The molecule has 0 unspecified atom stereocenters. The molecule has 0 spiro atoms. The van der Waals surface area contributed by atoms with Gasteiger partial charge in [-0.15, -0.1) is 0 Å². The van der Waals surface area contributed by atoms with Crippen LogP contribution in [-0.2, 0) is 0 Å². The van der Waals surface area contributed by atoms with E-state index in [1.54, 1.807) is 0 Å². The Balaban J connectivity index is 2.18. The Morgan fingerprint density at radius 1 is 1.11 bits per heavy atom. The van der Waals surface area contributed by atoms with Gasteiger partial charge < -0.3 is 10.2 Å². The quantitative estimate of drug-likeness (QED) is 0.701. The highest BCUT2D eigenvalue weighted by Gasteiger charge is 2.19. The second kappa shape index (κ2) is 7.55. The molecule has 0 aliphatic carbocycles. The van der Waals surface area contributed by atoms with Crippen LogP contribution >= 0.6 is 0 Å². The van der Waals surface area contributed by atoms with Gasteiger partial charge in [0.15, 0.2) is 5.65 Å². The second-order valence-corrected chi connectivity index (χ2v) is 7.39. The topological polar surface area (TPSA) is 58.4 Å². The maximum atomic E-state index is 4.81. The third-order valence-corrected chi connectivity index (χ3v) is 5.05. The van der Waals surface area contributed by atoms with Gasteiger partial charge in [-0.2, -0.15) is 9.61 Å². The van der Waals surface area contributed by atoms with Crippen LogP contribution in [0, 0.1) is 20.8 Å².